The lowest BCUT2D eigenvalue weighted by atomic mass is 10.2. The van der Waals surface area contributed by atoms with Gasteiger partial charge in [0.25, 0.3) is 5.91 Å². The minimum atomic E-state index is -0.812. The monoisotopic (exact) mass is 422 g/mol. The Morgan fingerprint density at radius 2 is 1.97 bits per heavy atom. The van der Waals surface area contributed by atoms with Crippen LogP contribution in [0.1, 0.15) is 12.5 Å². The smallest absolute Gasteiger partial charge is 0.265 e. The molecule has 2 N–H and O–H groups in total. The van der Waals surface area contributed by atoms with Crippen LogP contribution in [-0.2, 0) is 4.79 Å². The first-order valence-electron chi connectivity index (χ1n) is 9.33. The number of hydrogen-bond acceptors (Lipinski definition) is 5. The Balaban J connectivity index is 1.50. The molecular weight excluding hydrogens is 404 g/mol. The van der Waals surface area contributed by atoms with Gasteiger partial charge in [0.1, 0.15) is 5.52 Å². The lowest BCUT2D eigenvalue weighted by Crippen LogP contribution is -2.30. The number of fused-ring (bicyclic) bond motifs is 1. The number of nitrogens with one attached hydrogen (secondary N) is 1. The summed E-state index contributed by atoms with van der Waals surface area (Å²) in [7, 11) is 0. The summed E-state index contributed by atoms with van der Waals surface area (Å²) in [4.78, 5) is 16.8. The van der Waals surface area contributed by atoms with Crippen LogP contribution in [0.2, 0.25) is 5.02 Å². The summed E-state index contributed by atoms with van der Waals surface area (Å²) < 4.78 is 11.4. The number of phenolic OH excluding ortho intramolecular Hbond substituents is 1. The fourth-order valence-corrected chi connectivity index (χ4v) is 3.13. The Hall–Kier alpha value is -3.51. The van der Waals surface area contributed by atoms with Crippen molar-refractivity contribution in [3.8, 4) is 23.0 Å². The van der Waals surface area contributed by atoms with Gasteiger partial charge in [-0.3, -0.25) is 4.79 Å². The lowest BCUT2D eigenvalue weighted by molar-refractivity contribution is -0.122. The molecule has 0 saturated carbocycles. The molecule has 6 nitrogen and oxygen atoms in total. The third kappa shape index (κ3) is 4.09. The van der Waals surface area contributed by atoms with Crippen molar-refractivity contribution in [2.75, 3.05) is 5.32 Å². The number of para-hydroxylation sites is 1. The standard InChI is InChI=1S/C23H19ClN2O4/c1-13-5-3-4-6-17(13)25-22(28)14(2)29-20-10-7-15(11-19(20)27)23-26-18-9-8-16(24)12-21(18)30-23/h3-12,14,27H,1-2H3,(H,25,28). The normalized spacial score (nSPS) is 12.0. The maximum Gasteiger partial charge on any atom is 0.265 e. The zero-order valence-electron chi connectivity index (χ0n) is 16.3. The Labute approximate surface area is 178 Å². The summed E-state index contributed by atoms with van der Waals surface area (Å²) >= 11 is 5.98. The Morgan fingerprint density at radius 1 is 1.17 bits per heavy atom. The zero-order valence-corrected chi connectivity index (χ0v) is 17.1. The number of ether oxygens (including phenoxy) is 1. The molecule has 4 rings (SSSR count). The largest absolute Gasteiger partial charge is 0.504 e. The molecule has 1 unspecified atom stereocenters. The van der Waals surface area contributed by atoms with Gasteiger partial charge in [-0.1, -0.05) is 29.8 Å². The van der Waals surface area contributed by atoms with E-state index in [9.17, 15) is 9.90 Å². The molecule has 0 fully saturated rings. The van der Waals surface area contributed by atoms with Gasteiger partial charge in [0.2, 0.25) is 5.89 Å². The summed E-state index contributed by atoms with van der Waals surface area (Å²) in [6.07, 6.45) is -0.812. The van der Waals surface area contributed by atoms with Crippen LogP contribution < -0.4 is 10.1 Å². The third-order valence-corrected chi connectivity index (χ3v) is 4.87. The number of carbonyl (C=O) groups is 1. The van der Waals surface area contributed by atoms with Gasteiger partial charge in [-0.15, -0.1) is 0 Å². The molecule has 0 spiro atoms. The summed E-state index contributed by atoms with van der Waals surface area (Å²) in [5, 5.41) is 13.8. The molecule has 0 radical (unpaired) electrons. The maximum absolute atomic E-state index is 12.4. The molecule has 0 aliphatic heterocycles. The van der Waals surface area contributed by atoms with Crippen LogP contribution in [0.5, 0.6) is 11.5 Å². The highest BCUT2D eigenvalue weighted by atomic mass is 35.5. The van der Waals surface area contributed by atoms with Gasteiger partial charge >= 0.3 is 0 Å². The first-order valence-corrected chi connectivity index (χ1v) is 9.71. The molecule has 152 valence electrons. The first-order chi connectivity index (χ1) is 14.4. The SMILES string of the molecule is Cc1ccccc1NC(=O)C(C)Oc1ccc(-c2nc3ccc(Cl)cc3o2)cc1O. The lowest BCUT2D eigenvalue weighted by Gasteiger charge is -2.16. The summed E-state index contributed by atoms with van der Waals surface area (Å²) in [5.41, 5.74) is 3.46. The van der Waals surface area contributed by atoms with Crippen molar-refractivity contribution in [2.24, 2.45) is 0 Å². The number of halogens is 1. The average molecular weight is 423 g/mol. The second kappa shape index (κ2) is 8.08. The molecular formula is C23H19ClN2O4. The number of rotatable bonds is 5. The predicted molar refractivity (Wildman–Crippen MR) is 116 cm³/mol. The number of oxazole rings is 1. The van der Waals surface area contributed by atoms with E-state index in [1.165, 1.54) is 6.07 Å². The third-order valence-electron chi connectivity index (χ3n) is 4.63. The molecule has 1 aromatic heterocycles. The number of aromatic hydroxyl groups is 1. The number of anilines is 1. The summed E-state index contributed by atoms with van der Waals surface area (Å²) in [5.74, 6) is 0.0942. The molecule has 3 aromatic carbocycles. The van der Waals surface area contributed by atoms with Crippen LogP contribution >= 0.6 is 11.6 Å². The molecule has 0 bridgehead atoms. The first kappa shape index (κ1) is 19.8. The Kier molecular flexibility index (Phi) is 5.33. The van der Waals surface area contributed by atoms with Crippen LogP contribution in [0.15, 0.2) is 65.1 Å². The van der Waals surface area contributed by atoms with Crippen LogP contribution in [0.4, 0.5) is 5.69 Å². The Bertz CT molecular complexity index is 1240. The van der Waals surface area contributed by atoms with Gasteiger partial charge in [0.05, 0.1) is 0 Å². The maximum atomic E-state index is 12.4. The van der Waals surface area contributed by atoms with Crippen molar-refractivity contribution in [1.29, 1.82) is 0 Å². The van der Waals surface area contributed by atoms with Crippen LogP contribution in [0, 0.1) is 6.92 Å². The van der Waals surface area contributed by atoms with E-state index in [0.717, 1.165) is 5.56 Å². The zero-order chi connectivity index (χ0) is 21.3. The van der Waals surface area contributed by atoms with Crippen molar-refractivity contribution in [3.05, 3.63) is 71.2 Å². The van der Waals surface area contributed by atoms with Crippen molar-refractivity contribution in [1.82, 2.24) is 4.98 Å². The quantitative estimate of drug-likeness (QED) is 0.439. The second-order valence-corrected chi connectivity index (χ2v) is 7.31. The van der Waals surface area contributed by atoms with E-state index in [1.54, 1.807) is 37.3 Å². The van der Waals surface area contributed by atoms with E-state index >= 15 is 0 Å². The van der Waals surface area contributed by atoms with Crippen molar-refractivity contribution in [3.63, 3.8) is 0 Å². The van der Waals surface area contributed by atoms with Crippen LogP contribution in [0.3, 0.4) is 0 Å². The number of amides is 1. The molecule has 1 amide bonds. The number of phenols is 1. The topological polar surface area (TPSA) is 84.6 Å². The van der Waals surface area contributed by atoms with E-state index in [-0.39, 0.29) is 17.4 Å². The molecule has 0 aliphatic rings. The van der Waals surface area contributed by atoms with Crippen molar-refractivity contribution >= 4 is 34.3 Å². The van der Waals surface area contributed by atoms with Gasteiger partial charge < -0.3 is 19.6 Å². The number of aromatic nitrogens is 1. The van der Waals surface area contributed by atoms with Gasteiger partial charge in [0, 0.05) is 22.3 Å². The van der Waals surface area contributed by atoms with E-state index in [1.807, 2.05) is 31.2 Å². The number of aryl methyl sites for hydroxylation is 1. The average Bonchev–Trinajstić information content (AvgIpc) is 3.14. The fourth-order valence-electron chi connectivity index (χ4n) is 2.96. The van der Waals surface area contributed by atoms with E-state index in [0.29, 0.717) is 33.3 Å². The van der Waals surface area contributed by atoms with Gasteiger partial charge in [0.15, 0.2) is 23.2 Å². The van der Waals surface area contributed by atoms with Gasteiger partial charge in [-0.25, -0.2) is 4.98 Å². The van der Waals surface area contributed by atoms with Crippen molar-refractivity contribution in [2.45, 2.75) is 20.0 Å². The van der Waals surface area contributed by atoms with E-state index < -0.39 is 6.10 Å². The second-order valence-electron chi connectivity index (χ2n) is 6.88. The minimum Gasteiger partial charge on any atom is -0.504 e. The van der Waals surface area contributed by atoms with E-state index in [2.05, 4.69) is 10.3 Å². The van der Waals surface area contributed by atoms with Crippen LogP contribution in [0.25, 0.3) is 22.6 Å². The molecule has 4 aromatic rings. The number of nitrogens with zero attached hydrogens (tertiary/aromatic N) is 1. The fraction of sp³-hybridized carbons (Fsp3) is 0.130. The summed E-state index contributed by atoms with van der Waals surface area (Å²) in [6, 6.07) is 17.4. The molecule has 1 atom stereocenters. The highest BCUT2D eigenvalue weighted by Gasteiger charge is 2.18. The molecule has 7 heteroatoms. The predicted octanol–water partition coefficient (Wildman–Crippen LogP) is 5.57. The van der Waals surface area contributed by atoms with Gasteiger partial charge in [-0.05, 0) is 55.8 Å². The highest BCUT2D eigenvalue weighted by molar-refractivity contribution is 6.31. The molecule has 1 heterocycles. The molecule has 0 aliphatic carbocycles. The van der Waals surface area contributed by atoms with Crippen molar-refractivity contribution < 1.29 is 19.1 Å². The van der Waals surface area contributed by atoms with E-state index in [4.69, 9.17) is 20.8 Å². The number of carbonyl (C=O) groups excluding carboxylic acids is 1. The molecule has 0 saturated heterocycles. The Morgan fingerprint density at radius 3 is 2.73 bits per heavy atom. The van der Waals surface area contributed by atoms with Gasteiger partial charge in [-0.2, -0.15) is 0 Å². The number of benzene rings is 3. The summed E-state index contributed by atoms with van der Waals surface area (Å²) in [6.45, 7) is 3.53. The minimum absolute atomic E-state index is 0.122. The molecule has 30 heavy (non-hydrogen) atoms. The number of hydrogen-bond donors (Lipinski definition) is 2. The highest BCUT2D eigenvalue weighted by Crippen LogP contribution is 2.33. The van der Waals surface area contributed by atoms with Crippen LogP contribution in [-0.4, -0.2) is 22.1 Å².